The molecule has 0 fully saturated rings. The number of aromatic nitrogens is 2. The third kappa shape index (κ3) is 3.63. The van der Waals surface area contributed by atoms with Gasteiger partial charge >= 0.3 is 0 Å². The minimum absolute atomic E-state index is 0.0959. The smallest absolute Gasteiger partial charge is 0.263 e. The molecule has 0 aliphatic rings. The van der Waals surface area contributed by atoms with Crippen LogP contribution >= 0.6 is 27.3 Å². The van der Waals surface area contributed by atoms with Crippen molar-refractivity contribution >= 4 is 49.1 Å². The van der Waals surface area contributed by atoms with Crippen molar-refractivity contribution in [3.8, 4) is 11.1 Å². The zero-order valence-corrected chi connectivity index (χ0v) is 17.4. The van der Waals surface area contributed by atoms with Crippen LogP contribution in [-0.2, 0) is 11.3 Å². The maximum absolute atomic E-state index is 13.0. The minimum Gasteiger partial charge on any atom is -0.324 e. The van der Waals surface area contributed by atoms with Gasteiger partial charge in [-0.1, -0.05) is 46.3 Å². The topological polar surface area (TPSA) is 64.0 Å². The molecule has 28 heavy (non-hydrogen) atoms. The van der Waals surface area contributed by atoms with Gasteiger partial charge in [-0.15, -0.1) is 11.3 Å². The lowest BCUT2D eigenvalue weighted by atomic mass is 10.1. The van der Waals surface area contributed by atoms with E-state index in [1.807, 2.05) is 60.8 Å². The lowest BCUT2D eigenvalue weighted by Crippen LogP contribution is -2.28. The molecule has 5 nitrogen and oxygen atoms in total. The maximum Gasteiger partial charge on any atom is 0.263 e. The quantitative estimate of drug-likeness (QED) is 0.480. The molecule has 0 bridgehead atoms. The Bertz CT molecular complexity index is 1230. The molecule has 0 saturated heterocycles. The molecule has 140 valence electrons. The van der Waals surface area contributed by atoms with E-state index < -0.39 is 0 Å². The predicted molar refractivity (Wildman–Crippen MR) is 117 cm³/mol. The van der Waals surface area contributed by atoms with Crippen LogP contribution < -0.4 is 10.9 Å². The van der Waals surface area contributed by atoms with Crippen LogP contribution in [0.5, 0.6) is 0 Å². The highest BCUT2D eigenvalue weighted by Gasteiger charge is 2.15. The van der Waals surface area contributed by atoms with E-state index in [0.717, 1.165) is 26.9 Å². The number of hydrogen-bond acceptors (Lipinski definition) is 4. The number of carbonyl (C=O) groups excluding carboxylic acids is 1. The molecule has 0 aliphatic carbocycles. The van der Waals surface area contributed by atoms with Gasteiger partial charge < -0.3 is 5.32 Å². The van der Waals surface area contributed by atoms with Gasteiger partial charge in [-0.05, 0) is 36.2 Å². The van der Waals surface area contributed by atoms with Crippen molar-refractivity contribution in [1.82, 2.24) is 9.55 Å². The molecule has 0 spiro atoms. The van der Waals surface area contributed by atoms with Crippen molar-refractivity contribution in [2.45, 2.75) is 13.5 Å². The summed E-state index contributed by atoms with van der Waals surface area (Å²) in [5, 5.41) is 5.34. The van der Waals surface area contributed by atoms with E-state index in [9.17, 15) is 9.59 Å². The summed E-state index contributed by atoms with van der Waals surface area (Å²) in [5.41, 5.74) is 3.24. The van der Waals surface area contributed by atoms with E-state index in [2.05, 4.69) is 26.2 Å². The Morgan fingerprint density at radius 3 is 2.75 bits per heavy atom. The number of thiophene rings is 1. The molecule has 0 unspecified atom stereocenters. The van der Waals surface area contributed by atoms with E-state index in [0.29, 0.717) is 10.2 Å². The molecule has 4 aromatic rings. The summed E-state index contributed by atoms with van der Waals surface area (Å²) >= 11 is 4.83. The number of hydrogen-bond donors (Lipinski definition) is 1. The van der Waals surface area contributed by atoms with Gasteiger partial charge in [0.05, 0.1) is 11.7 Å². The van der Waals surface area contributed by atoms with Gasteiger partial charge in [0.1, 0.15) is 11.4 Å². The van der Waals surface area contributed by atoms with E-state index in [4.69, 9.17) is 0 Å². The molecule has 0 saturated carbocycles. The predicted octanol–water partition coefficient (Wildman–Crippen LogP) is 4.83. The first kappa shape index (κ1) is 18.6. The Balaban J connectivity index is 1.65. The van der Waals surface area contributed by atoms with Gasteiger partial charge in [0.15, 0.2) is 0 Å². The molecular weight excluding hydrogens is 438 g/mol. The van der Waals surface area contributed by atoms with Crippen molar-refractivity contribution < 1.29 is 4.79 Å². The first-order valence-corrected chi connectivity index (χ1v) is 10.3. The average molecular weight is 454 g/mol. The first-order valence-electron chi connectivity index (χ1n) is 8.61. The van der Waals surface area contributed by atoms with Gasteiger partial charge in [-0.25, -0.2) is 4.98 Å². The summed E-state index contributed by atoms with van der Waals surface area (Å²) in [4.78, 5) is 30.6. The fourth-order valence-electron chi connectivity index (χ4n) is 3.02. The normalized spacial score (nSPS) is 10.9. The Morgan fingerprint density at radius 1 is 1.21 bits per heavy atom. The van der Waals surface area contributed by atoms with Crippen molar-refractivity contribution in [1.29, 1.82) is 0 Å². The maximum atomic E-state index is 13.0. The molecule has 0 atom stereocenters. The third-order valence-electron chi connectivity index (χ3n) is 4.42. The van der Waals surface area contributed by atoms with Crippen molar-refractivity contribution in [2.24, 2.45) is 0 Å². The van der Waals surface area contributed by atoms with E-state index >= 15 is 0 Å². The second-order valence-electron chi connectivity index (χ2n) is 6.38. The molecule has 1 amide bonds. The Kier molecular flexibility index (Phi) is 5.11. The highest BCUT2D eigenvalue weighted by molar-refractivity contribution is 9.10. The molecule has 2 heterocycles. The zero-order chi connectivity index (χ0) is 19.7. The summed E-state index contributed by atoms with van der Waals surface area (Å²) in [6, 6.07) is 15.3. The van der Waals surface area contributed by atoms with Crippen LogP contribution in [0.1, 0.15) is 5.56 Å². The summed E-state index contributed by atoms with van der Waals surface area (Å²) < 4.78 is 2.30. The number of rotatable bonds is 4. The van der Waals surface area contributed by atoms with Crippen LogP contribution in [0.15, 0.2) is 69.5 Å². The van der Waals surface area contributed by atoms with Crippen LogP contribution in [-0.4, -0.2) is 15.5 Å². The number of fused-ring (bicyclic) bond motifs is 1. The van der Waals surface area contributed by atoms with Crippen LogP contribution in [0.25, 0.3) is 21.3 Å². The average Bonchev–Trinajstić information content (AvgIpc) is 3.12. The molecule has 0 radical (unpaired) electrons. The SMILES string of the molecule is Cc1cc(Br)ccc1NC(=O)Cn1cnc2scc(-c3ccccc3)c2c1=O. The molecule has 2 aromatic carbocycles. The summed E-state index contributed by atoms with van der Waals surface area (Å²) in [6.45, 7) is 1.82. The van der Waals surface area contributed by atoms with Crippen LogP contribution in [0, 0.1) is 6.92 Å². The van der Waals surface area contributed by atoms with Gasteiger partial charge in [-0.3, -0.25) is 14.2 Å². The molecular formula is C21H16BrN3O2S. The van der Waals surface area contributed by atoms with Crippen molar-refractivity contribution in [3.63, 3.8) is 0 Å². The third-order valence-corrected chi connectivity index (χ3v) is 5.80. The van der Waals surface area contributed by atoms with Gasteiger partial charge in [0.2, 0.25) is 5.91 Å². The van der Waals surface area contributed by atoms with Crippen molar-refractivity contribution in [2.75, 3.05) is 5.32 Å². The molecule has 7 heteroatoms. The van der Waals surface area contributed by atoms with Crippen LogP contribution in [0.3, 0.4) is 0 Å². The number of amides is 1. The van der Waals surface area contributed by atoms with Gasteiger partial charge in [-0.2, -0.15) is 0 Å². The number of nitrogens with one attached hydrogen (secondary N) is 1. The Hall–Kier alpha value is -2.77. The number of nitrogens with zero attached hydrogens (tertiary/aromatic N) is 2. The number of carbonyl (C=O) groups is 1. The Morgan fingerprint density at radius 2 is 2.00 bits per heavy atom. The molecule has 2 aromatic heterocycles. The standard InChI is InChI=1S/C21H16BrN3O2S/c1-13-9-15(22)7-8-17(13)24-18(26)10-25-12-23-20-19(21(25)27)16(11-28-20)14-5-3-2-4-6-14/h2-9,11-12H,10H2,1H3,(H,24,26). The van der Waals surface area contributed by atoms with Gasteiger partial charge in [0.25, 0.3) is 5.56 Å². The number of anilines is 1. The van der Waals surface area contributed by atoms with E-state index in [1.54, 1.807) is 0 Å². The zero-order valence-electron chi connectivity index (χ0n) is 15.0. The largest absolute Gasteiger partial charge is 0.324 e. The van der Waals surface area contributed by atoms with E-state index in [1.165, 1.54) is 22.2 Å². The fourth-order valence-corrected chi connectivity index (χ4v) is 4.40. The molecule has 4 rings (SSSR count). The van der Waals surface area contributed by atoms with Crippen molar-refractivity contribution in [3.05, 3.63) is 80.6 Å². The second-order valence-corrected chi connectivity index (χ2v) is 8.15. The van der Waals surface area contributed by atoms with Crippen LogP contribution in [0.4, 0.5) is 5.69 Å². The number of halogens is 1. The summed E-state index contributed by atoms with van der Waals surface area (Å²) in [5.74, 6) is -0.273. The first-order chi connectivity index (χ1) is 13.5. The Labute approximate surface area is 173 Å². The van der Waals surface area contributed by atoms with Crippen LogP contribution in [0.2, 0.25) is 0 Å². The summed E-state index contributed by atoms with van der Waals surface area (Å²) in [7, 11) is 0. The number of benzene rings is 2. The lowest BCUT2D eigenvalue weighted by molar-refractivity contribution is -0.116. The summed E-state index contributed by atoms with van der Waals surface area (Å²) in [6.07, 6.45) is 1.43. The minimum atomic E-state index is -0.273. The highest BCUT2D eigenvalue weighted by Crippen LogP contribution is 2.30. The fraction of sp³-hybridized carbons (Fsp3) is 0.0952. The second kappa shape index (κ2) is 7.69. The van der Waals surface area contributed by atoms with Gasteiger partial charge in [0, 0.05) is 21.1 Å². The lowest BCUT2D eigenvalue weighted by Gasteiger charge is -2.10. The van der Waals surface area contributed by atoms with E-state index in [-0.39, 0.29) is 18.0 Å². The molecule has 1 N–H and O–H groups in total. The molecule has 0 aliphatic heterocycles. The highest BCUT2D eigenvalue weighted by atomic mass is 79.9. The number of aryl methyl sites for hydroxylation is 1. The monoisotopic (exact) mass is 453 g/mol.